The minimum absolute atomic E-state index is 0.257. The third-order valence-corrected chi connectivity index (χ3v) is 3.80. The summed E-state index contributed by atoms with van der Waals surface area (Å²) >= 11 is 0. The Morgan fingerprint density at radius 1 is 0.960 bits per heavy atom. The summed E-state index contributed by atoms with van der Waals surface area (Å²) in [6.07, 6.45) is 0. The van der Waals surface area contributed by atoms with E-state index in [1.54, 1.807) is 0 Å². The molecule has 126 valence electrons. The molecule has 3 aromatic rings. The second-order valence-electron chi connectivity index (χ2n) is 5.75. The highest BCUT2D eigenvalue weighted by molar-refractivity contribution is 5.61. The molecule has 2 N–H and O–H groups in total. The summed E-state index contributed by atoms with van der Waals surface area (Å²) in [7, 11) is 0. The van der Waals surface area contributed by atoms with Gasteiger partial charge in [-0.15, -0.1) is 0 Å². The Hall–Kier alpha value is -3.28. The van der Waals surface area contributed by atoms with E-state index in [0.29, 0.717) is 12.5 Å². The van der Waals surface area contributed by atoms with Crippen molar-refractivity contribution in [2.24, 2.45) is 0 Å². The van der Waals surface area contributed by atoms with E-state index in [4.69, 9.17) is 9.47 Å². The zero-order valence-electron chi connectivity index (χ0n) is 13.8. The summed E-state index contributed by atoms with van der Waals surface area (Å²) in [5, 5.41) is 6.55. The van der Waals surface area contributed by atoms with E-state index < -0.39 is 0 Å². The Kier molecular flexibility index (Phi) is 4.08. The van der Waals surface area contributed by atoms with Gasteiger partial charge in [-0.25, -0.2) is 4.98 Å². The van der Waals surface area contributed by atoms with Crippen molar-refractivity contribution in [1.82, 2.24) is 9.97 Å². The van der Waals surface area contributed by atoms with Crippen LogP contribution in [0, 0.1) is 6.92 Å². The Morgan fingerprint density at radius 3 is 2.68 bits per heavy atom. The average Bonchev–Trinajstić information content (AvgIpc) is 3.08. The number of aromatic nitrogens is 2. The molecular weight excluding hydrogens is 316 g/mol. The molecule has 25 heavy (non-hydrogen) atoms. The van der Waals surface area contributed by atoms with Gasteiger partial charge in [-0.3, -0.25) is 0 Å². The monoisotopic (exact) mass is 334 g/mol. The fraction of sp³-hybridized carbons (Fsp3) is 0.158. The Morgan fingerprint density at radius 2 is 1.80 bits per heavy atom. The van der Waals surface area contributed by atoms with Crippen molar-refractivity contribution >= 4 is 17.5 Å². The molecule has 1 aliphatic rings. The van der Waals surface area contributed by atoms with Gasteiger partial charge in [0.15, 0.2) is 11.5 Å². The van der Waals surface area contributed by atoms with E-state index in [2.05, 4.69) is 32.7 Å². The molecule has 0 fully saturated rings. The van der Waals surface area contributed by atoms with Crippen LogP contribution >= 0.6 is 0 Å². The van der Waals surface area contributed by atoms with Crippen LogP contribution in [0.15, 0.2) is 54.6 Å². The van der Waals surface area contributed by atoms with Crippen LogP contribution in [0.1, 0.15) is 11.3 Å². The molecule has 0 amide bonds. The number of ether oxygens (including phenoxy) is 2. The number of benzene rings is 2. The quantitative estimate of drug-likeness (QED) is 0.738. The highest BCUT2D eigenvalue weighted by atomic mass is 16.7. The lowest BCUT2D eigenvalue weighted by atomic mass is 10.2. The number of rotatable bonds is 5. The van der Waals surface area contributed by atoms with Gasteiger partial charge in [0.05, 0.1) is 0 Å². The minimum atomic E-state index is 0.257. The Balaban J connectivity index is 1.49. The summed E-state index contributed by atoms with van der Waals surface area (Å²) in [6.45, 7) is 2.91. The lowest BCUT2D eigenvalue weighted by Crippen LogP contribution is -2.05. The maximum absolute atomic E-state index is 5.40. The fourth-order valence-electron chi connectivity index (χ4n) is 2.61. The molecule has 1 aromatic heterocycles. The molecule has 0 spiro atoms. The molecule has 0 saturated heterocycles. The van der Waals surface area contributed by atoms with E-state index >= 15 is 0 Å². The van der Waals surface area contributed by atoms with Crippen LogP contribution in [0.5, 0.6) is 11.5 Å². The van der Waals surface area contributed by atoms with Crippen LogP contribution in [0.25, 0.3) is 0 Å². The third-order valence-electron chi connectivity index (χ3n) is 3.80. The van der Waals surface area contributed by atoms with Crippen molar-refractivity contribution in [3.8, 4) is 11.5 Å². The normalized spacial score (nSPS) is 12.0. The maximum atomic E-state index is 5.40. The van der Waals surface area contributed by atoms with Crippen LogP contribution in [0.3, 0.4) is 0 Å². The fourth-order valence-corrected chi connectivity index (χ4v) is 2.61. The Labute approximate surface area is 145 Å². The minimum Gasteiger partial charge on any atom is -0.454 e. The first-order valence-corrected chi connectivity index (χ1v) is 8.06. The molecule has 4 rings (SSSR count). The summed E-state index contributed by atoms with van der Waals surface area (Å²) in [5.41, 5.74) is 2.93. The number of hydrogen-bond acceptors (Lipinski definition) is 6. The summed E-state index contributed by atoms with van der Waals surface area (Å²) in [6, 6.07) is 17.8. The van der Waals surface area contributed by atoms with Crippen LogP contribution in [0.4, 0.5) is 17.5 Å². The summed E-state index contributed by atoms with van der Waals surface area (Å²) in [4.78, 5) is 8.98. The van der Waals surface area contributed by atoms with Crippen LogP contribution in [-0.4, -0.2) is 16.8 Å². The highest BCUT2D eigenvalue weighted by Gasteiger charge is 2.13. The number of nitrogens with zero attached hydrogens (tertiary/aromatic N) is 2. The maximum Gasteiger partial charge on any atom is 0.231 e. The van der Waals surface area contributed by atoms with E-state index in [1.807, 2.05) is 49.4 Å². The van der Waals surface area contributed by atoms with Gasteiger partial charge in [-0.2, -0.15) is 4.98 Å². The number of nitrogens with one attached hydrogen (secondary N) is 2. The summed E-state index contributed by atoms with van der Waals surface area (Å²) in [5.74, 6) is 2.79. The predicted molar refractivity (Wildman–Crippen MR) is 96.4 cm³/mol. The van der Waals surface area contributed by atoms with Crippen LogP contribution in [-0.2, 0) is 6.54 Å². The van der Waals surface area contributed by atoms with Gasteiger partial charge in [-0.05, 0) is 24.6 Å². The lowest BCUT2D eigenvalue weighted by molar-refractivity contribution is 0.174. The zero-order valence-corrected chi connectivity index (χ0v) is 13.8. The molecule has 2 aromatic carbocycles. The topological polar surface area (TPSA) is 68.3 Å². The van der Waals surface area contributed by atoms with Crippen molar-refractivity contribution < 1.29 is 9.47 Å². The summed E-state index contributed by atoms with van der Waals surface area (Å²) < 4.78 is 10.7. The lowest BCUT2D eigenvalue weighted by Gasteiger charge is -2.10. The van der Waals surface area contributed by atoms with Crippen LogP contribution in [0.2, 0.25) is 0 Å². The van der Waals surface area contributed by atoms with Gasteiger partial charge >= 0.3 is 0 Å². The molecule has 2 heterocycles. The molecular formula is C19H18N4O2. The number of anilines is 3. The van der Waals surface area contributed by atoms with Gasteiger partial charge in [0.2, 0.25) is 12.7 Å². The molecule has 0 radical (unpaired) electrons. The molecule has 6 nitrogen and oxygen atoms in total. The Bertz CT molecular complexity index is 884. The highest BCUT2D eigenvalue weighted by Crippen LogP contribution is 2.34. The standard InChI is InChI=1S/C19H18N4O2/c1-13-9-18(20-11-14-5-3-2-4-6-14)23-19(21-13)22-15-7-8-16-17(10-15)25-12-24-16/h2-10H,11-12H2,1H3,(H2,20,21,22,23). The van der Waals surface area contributed by atoms with E-state index in [9.17, 15) is 0 Å². The molecule has 0 saturated carbocycles. The third kappa shape index (κ3) is 3.63. The molecule has 6 heteroatoms. The number of hydrogen-bond donors (Lipinski definition) is 2. The van der Waals surface area contributed by atoms with E-state index in [0.717, 1.165) is 28.7 Å². The van der Waals surface area contributed by atoms with Crippen LogP contribution < -0.4 is 20.1 Å². The van der Waals surface area contributed by atoms with Crippen molar-refractivity contribution in [3.63, 3.8) is 0 Å². The molecule has 0 unspecified atom stereocenters. The smallest absolute Gasteiger partial charge is 0.231 e. The van der Waals surface area contributed by atoms with Gasteiger partial charge < -0.3 is 20.1 Å². The first-order chi connectivity index (χ1) is 12.3. The SMILES string of the molecule is Cc1cc(NCc2ccccc2)nc(Nc2ccc3c(c2)OCO3)n1. The van der Waals surface area contributed by atoms with Gasteiger partial charge in [-0.1, -0.05) is 30.3 Å². The first kappa shape index (κ1) is 15.3. The predicted octanol–water partition coefficient (Wildman–Crippen LogP) is 3.87. The molecule has 0 bridgehead atoms. The molecule has 0 atom stereocenters. The molecule has 1 aliphatic heterocycles. The van der Waals surface area contributed by atoms with Gasteiger partial charge in [0.1, 0.15) is 5.82 Å². The van der Waals surface area contributed by atoms with Crippen molar-refractivity contribution in [1.29, 1.82) is 0 Å². The number of fused-ring (bicyclic) bond motifs is 1. The average molecular weight is 334 g/mol. The van der Waals surface area contributed by atoms with Gasteiger partial charge in [0.25, 0.3) is 0 Å². The number of aryl methyl sites for hydroxylation is 1. The van der Waals surface area contributed by atoms with E-state index in [-0.39, 0.29) is 6.79 Å². The second kappa shape index (κ2) is 6.68. The van der Waals surface area contributed by atoms with Gasteiger partial charge in [0, 0.05) is 30.1 Å². The van der Waals surface area contributed by atoms with Crippen molar-refractivity contribution in [2.75, 3.05) is 17.4 Å². The molecule has 0 aliphatic carbocycles. The van der Waals surface area contributed by atoms with Crippen molar-refractivity contribution in [3.05, 3.63) is 65.9 Å². The van der Waals surface area contributed by atoms with E-state index in [1.165, 1.54) is 5.56 Å². The largest absolute Gasteiger partial charge is 0.454 e. The zero-order chi connectivity index (χ0) is 17.1. The second-order valence-corrected chi connectivity index (χ2v) is 5.75. The first-order valence-electron chi connectivity index (χ1n) is 8.06. The van der Waals surface area contributed by atoms with Crippen molar-refractivity contribution in [2.45, 2.75) is 13.5 Å².